The number of esters is 1. The lowest BCUT2D eigenvalue weighted by Gasteiger charge is -2.36. The molecule has 41 heavy (non-hydrogen) atoms. The van der Waals surface area contributed by atoms with Gasteiger partial charge in [0.05, 0.1) is 41.3 Å². The van der Waals surface area contributed by atoms with Gasteiger partial charge >= 0.3 is 5.97 Å². The van der Waals surface area contributed by atoms with Crippen molar-refractivity contribution in [3.05, 3.63) is 95.4 Å². The van der Waals surface area contributed by atoms with Crippen molar-refractivity contribution in [2.75, 3.05) is 43.5 Å². The van der Waals surface area contributed by atoms with Crippen LogP contribution < -0.4 is 10.2 Å². The van der Waals surface area contributed by atoms with E-state index in [0.717, 1.165) is 5.69 Å². The van der Waals surface area contributed by atoms with Gasteiger partial charge in [-0.05, 0) is 42.5 Å². The van der Waals surface area contributed by atoms with Gasteiger partial charge in [-0.15, -0.1) is 0 Å². The van der Waals surface area contributed by atoms with Crippen molar-refractivity contribution in [1.29, 1.82) is 0 Å². The molecule has 0 spiro atoms. The Balaban J connectivity index is 1.29. The molecule has 7 rings (SSSR count). The van der Waals surface area contributed by atoms with Crippen LogP contribution in [0.4, 0.5) is 17.1 Å². The molecule has 2 aromatic heterocycles. The fourth-order valence-electron chi connectivity index (χ4n) is 5.55. The maximum atomic E-state index is 13.9. The van der Waals surface area contributed by atoms with E-state index in [4.69, 9.17) is 13.7 Å². The van der Waals surface area contributed by atoms with Crippen molar-refractivity contribution < 1.29 is 28.1 Å². The quantitative estimate of drug-likeness (QED) is 0.293. The predicted octanol–water partition coefficient (Wildman–Crippen LogP) is 5.12. The van der Waals surface area contributed by atoms with Crippen LogP contribution in [-0.2, 0) is 4.74 Å². The van der Waals surface area contributed by atoms with Gasteiger partial charge in [0.1, 0.15) is 5.52 Å². The Morgan fingerprint density at radius 2 is 1.71 bits per heavy atom. The highest BCUT2D eigenvalue weighted by molar-refractivity contribution is 6.28. The molecule has 10 nitrogen and oxygen atoms in total. The normalized spacial score (nSPS) is 14.2. The van der Waals surface area contributed by atoms with Crippen LogP contribution in [0.25, 0.3) is 22.2 Å². The van der Waals surface area contributed by atoms with Crippen LogP contribution in [0.1, 0.15) is 36.8 Å². The monoisotopic (exact) mass is 548 g/mol. The van der Waals surface area contributed by atoms with E-state index in [1.807, 2.05) is 24.3 Å². The summed E-state index contributed by atoms with van der Waals surface area (Å²) >= 11 is 0. The number of fused-ring (bicyclic) bond motifs is 2. The third-order valence-electron chi connectivity index (χ3n) is 7.60. The van der Waals surface area contributed by atoms with Crippen LogP contribution in [0.2, 0.25) is 0 Å². The van der Waals surface area contributed by atoms with Crippen molar-refractivity contribution in [2.24, 2.45) is 0 Å². The molecule has 1 aliphatic heterocycles. The molecule has 3 aromatic carbocycles. The summed E-state index contributed by atoms with van der Waals surface area (Å²) in [6.07, 6.45) is 1.49. The molecule has 10 heteroatoms. The second-order valence-electron chi connectivity index (χ2n) is 9.88. The zero-order valence-corrected chi connectivity index (χ0v) is 22.0. The molecule has 0 radical (unpaired) electrons. The number of methoxy groups -OCH3 is 1. The van der Waals surface area contributed by atoms with Crippen LogP contribution >= 0.6 is 0 Å². The fraction of sp³-hybridized carbons (Fsp3) is 0.161. The summed E-state index contributed by atoms with van der Waals surface area (Å²) in [6.45, 7) is 2.10. The molecule has 3 heterocycles. The summed E-state index contributed by atoms with van der Waals surface area (Å²) in [5.41, 5.74) is 4.81. The predicted molar refractivity (Wildman–Crippen MR) is 151 cm³/mol. The molecule has 204 valence electrons. The topological polar surface area (TPSA) is 118 Å². The lowest BCUT2D eigenvalue weighted by molar-refractivity contribution is 0.0600. The molecular formula is C31H24N4O6. The molecule has 0 saturated carbocycles. The lowest BCUT2D eigenvalue weighted by Crippen LogP contribution is -2.48. The third-order valence-corrected chi connectivity index (χ3v) is 7.60. The van der Waals surface area contributed by atoms with Crippen LogP contribution in [0.15, 0.2) is 81.9 Å². The first-order valence-electron chi connectivity index (χ1n) is 13.2. The Hall–Kier alpha value is -5.38. The number of benzene rings is 3. The van der Waals surface area contributed by atoms with Crippen molar-refractivity contribution in [1.82, 2.24) is 10.1 Å². The Bertz CT molecular complexity index is 1820. The van der Waals surface area contributed by atoms with E-state index in [2.05, 4.69) is 15.4 Å². The summed E-state index contributed by atoms with van der Waals surface area (Å²) in [6, 6.07) is 19.5. The maximum Gasteiger partial charge on any atom is 0.337 e. The standard InChI is InChI=1S/C31H24N4O6/c1-39-31(38)18-8-10-19(11-9-18)32-22-17-23(34-12-14-35(15-13-34)30(37)24-7-4-16-40-24)27-26-25(22)28(36)20-5-2-3-6-21(20)29(26)41-33-27/h2-11,16-17,32H,12-15H2,1H3. The fourth-order valence-corrected chi connectivity index (χ4v) is 5.55. The van der Waals surface area contributed by atoms with Crippen LogP contribution in [0, 0.1) is 0 Å². The van der Waals surface area contributed by atoms with Gasteiger partial charge < -0.3 is 28.8 Å². The number of anilines is 3. The molecule has 1 saturated heterocycles. The maximum absolute atomic E-state index is 13.9. The first kappa shape index (κ1) is 24.6. The minimum Gasteiger partial charge on any atom is -0.465 e. The number of ether oxygens (including phenoxy) is 1. The average molecular weight is 549 g/mol. The Labute approximate surface area is 234 Å². The lowest BCUT2D eigenvalue weighted by atomic mass is 9.86. The summed E-state index contributed by atoms with van der Waals surface area (Å²) < 4.78 is 16.0. The summed E-state index contributed by atoms with van der Waals surface area (Å²) in [4.78, 5) is 42.5. The van der Waals surface area contributed by atoms with E-state index in [1.165, 1.54) is 13.4 Å². The Morgan fingerprint density at radius 1 is 0.951 bits per heavy atom. The average Bonchev–Trinajstić information content (AvgIpc) is 3.71. The number of hydrogen-bond acceptors (Lipinski definition) is 9. The summed E-state index contributed by atoms with van der Waals surface area (Å²) in [5, 5.41) is 8.48. The van der Waals surface area contributed by atoms with E-state index in [-0.39, 0.29) is 11.7 Å². The van der Waals surface area contributed by atoms with Crippen molar-refractivity contribution in [3.8, 4) is 11.3 Å². The molecule has 0 unspecified atom stereocenters. The minimum absolute atomic E-state index is 0.129. The second kappa shape index (κ2) is 9.67. The van der Waals surface area contributed by atoms with Crippen molar-refractivity contribution in [2.45, 2.75) is 0 Å². The first-order chi connectivity index (χ1) is 20.0. The molecule has 0 bridgehead atoms. The SMILES string of the molecule is COC(=O)c1ccc(Nc2cc(N3CCN(C(=O)c4ccco4)CC3)c3noc4c3c2C(=O)c2ccccc2-4)cc1. The minimum atomic E-state index is -0.430. The largest absolute Gasteiger partial charge is 0.465 e. The summed E-state index contributed by atoms with van der Waals surface area (Å²) in [7, 11) is 1.34. The van der Waals surface area contributed by atoms with Gasteiger partial charge in [0, 0.05) is 43.0 Å². The van der Waals surface area contributed by atoms with Crippen molar-refractivity contribution in [3.63, 3.8) is 0 Å². The molecular weight excluding hydrogens is 524 g/mol. The number of nitrogens with zero attached hydrogens (tertiary/aromatic N) is 3. The number of ketones is 1. The summed E-state index contributed by atoms with van der Waals surface area (Å²) in [5.74, 6) is 0.155. The highest BCUT2D eigenvalue weighted by Crippen LogP contribution is 2.46. The number of rotatable bonds is 5. The number of aromatic nitrogens is 1. The van der Waals surface area contributed by atoms with E-state index in [1.54, 1.807) is 47.4 Å². The van der Waals surface area contributed by atoms with Gasteiger partial charge in [0.2, 0.25) is 0 Å². The number of carbonyl (C=O) groups is 3. The van der Waals surface area contributed by atoms with E-state index in [0.29, 0.717) is 82.2 Å². The Morgan fingerprint density at radius 3 is 2.41 bits per heavy atom. The van der Waals surface area contributed by atoms with Gasteiger partial charge in [-0.3, -0.25) is 9.59 Å². The number of piperazine rings is 1. The smallest absolute Gasteiger partial charge is 0.337 e. The second-order valence-corrected chi connectivity index (χ2v) is 9.88. The number of carbonyl (C=O) groups excluding carboxylic acids is 3. The van der Waals surface area contributed by atoms with E-state index < -0.39 is 5.97 Å². The molecule has 2 aliphatic rings. The highest BCUT2D eigenvalue weighted by Gasteiger charge is 2.34. The molecule has 1 fully saturated rings. The zero-order chi connectivity index (χ0) is 28.1. The number of hydrogen-bond donors (Lipinski definition) is 1. The molecule has 5 aromatic rings. The van der Waals surface area contributed by atoms with Crippen LogP contribution in [0.3, 0.4) is 0 Å². The Kier molecular flexibility index (Phi) is 5.81. The first-order valence-corrected chi connectivity index (χ1v) is 13.2. The van der Waals surface area contributed by atoms with Crippen LogP contribution in [0.5, 0.6) is 0 Å². The number of amides is 1. The number of furan rings is 1. The molecule has 1 amide bonds. The third kappa shape index (κ3) is 4.03. The molecule has 0 atom stereocenters. The van der Waals surface area contributed by atoms with Gasteiger partial charge in [-0.2, -0.15) is 0 Å². The molecule has 1 N–H and O–H groups in total. The van der Waals surface area contributed by atoms with Crippen molar-refractivity contribution >= 4 is 45.6 Å². The zero-order valence-electron chi connectivity index (χ0n) is 22.0. The van der Waals surface area contributed by atoms with Gasteiger partial charge in [0.15, 0.2) is 17.3 Å². The van der Waals surface area contributed by atoms with Gasteiger partial charge in [0.25, 0.3) is 5.91 Å². The van der Waals surface area contributed by atoms with E-state index in [9.17, 15) is 14.4 Å². The van der Waals surface area contributed by atoms with E-state index >= 15 is 0 Å². The van der Waals surface area contributed by atoms with Gasteiger partial charge in [-0.25, -0.2) is 4.79 Å². The molecule has 1 aliphatic carbocycles. The van der Waals surface area contributed by atoms with Gasteiger partial charge in [-0.1, -0.05) is 29.4 Å². The van der Waals surface area contributed by atoms with Crippen LogP contribution in [-0.4, -0.2) is 61.0 Å². The number of nitrogens with one attached hydrogen (secondary N) is 1. The highest BCUT2D eigenvalue weighted by atomic mass is 16.5.